The van der Waals surface area contributed by atoms with Crippen LogP contribution < -0.4 is 10.2 Å². The maximum Gasteiger partial charge on any atom is 0.226 e. The zero-order valence-corrected chi connectivity index (χ0v) is 14.0. The first-order valence-corrected chi connectivity index (χ1v) is 8.21. The van der Waals surface area contributed by atoms with Gasteiger partial charge in [0.1, 0.15) is 11.6 Å². The number of carbonyl (C=O) groups is 1. The van der Waals surface area contributed by atoms with E-state index >= 15 is 0 Å². The van der Waals surface area contributed by atoms with E-state index in [0.717, 1.165) is 19.4 Å². The molecule has 1 unspecified atom stereocenters. The quantitative estimate of drug-likeness (QED) is 0.922. The lowest BCUT2D eigenvalue weighted by atomic mass is 10.0. The Kier molecular flexibility index (Phi) is 4.98. The first kappa shape index (κ1) is 17.0. The van der Waals surface area contributed by atoms with Crippen LogP contribution in [0.4, 0.5) is 10.1 Å². The molecule has 1 saturated heterocycles. The van der Waals surface area contributed by atoms with Crippen molar-refractivity contribution >= 4 is 11.6 Å². The number of benzene rings is 1. The number of aromatic nitrogens is 1. The van der Waals surface area contributed by atoms with Crippen molar-refractivity contribution in [2.45, 2.75) is 32.2 Å². The Hall–Kier alpha value is -2.88. The maximum absolute atomic E-state index is 14.2. The van der Waals surface area contributed by atoms with Crippen molar-refractivity contribution in [1.82, 2.24) is 10.5 Å². The van der Waals surface area contributed by atoms with Crippen LogP contribution in [0.2, 0.25) is 0 Å². The molecule has 2 aromatic rings. The molecule has 0 bridgehead atoms. The second-order valence-electron chi connectivity index (χ2n) is 6.24. The fraction of sp³-hybridized carbons (Fsp3) is 0.389. The first-order chi connectivity index (χ1) is 12.0. The van der Waals surface area contributed by atoms with Gasteiger partial charge in [-0.05, 0) is 38.0 Å². The number of nitriles is 1. The maximum atomic E-state index is 14.2. The Balaban J connectivity index is 1.61. The number of carbonyl (C=O) groups excluding carboxylic acids is 1. The lowest BCUT2D eigenvalue weighted by molar-refractivity contribution is -0.121. The fourth-order valence-corrected chi connectivity index (χ4v) is 3.09. The van der Waals surface area contributed by atoms with Crippen molar-refractivity contribution in [3.63, 3.8) is 0 Å². The summed E-state index contributed by atoms with van der Waals surface area (Å²) < 4.78 is 19.2. The third-order valence-corrected chi connectivity index (χ3v) is 4.22. The van der Waals surface area contributed by atoms with Gasteiger partial charge in [-0.3, -0.25) is 4.79 Å². The number of anilines is 1. The molecule has 1 aliphatic rings. The van der Waals surface area contributed by atoms with Gasteiger partial charge in [0.05, 0.1) is 29.4 Å². The number of rotatable bonds is 4. The SMILES string of the molecule is Cc1cc(CC(=O)NC2CCCN(c3ccc(C#N)cc3F)C2)no1. The average Bonchev–Trinajstić information content (AvgIpc) is 2.99. The van der Waals surface area contributed by atoms with E-state index in [1.165, 1.54) is 6.07 Å². The third kappa shape index (κ3) is 4.15. The molecule has 1 aromatic carbocycles. The van der Waals surface area contributed by atoms with Crippen LogP contribution in [-0.4, -0.2) is 30.2 Å². The third-order valence-electron chi connectivity index (χ3n) is 4.22. The molecule has 1 fully saturated rings. The molecule has 25 heavy (non-hydrogen) atoms. The highest BCUT2D eigenvalue weighted by Crippen LogP contribution is 2.24. The topological polar surface area (TPSA) is 82.2 Å². The van der Waals surface area contributed by atoms with Crippen molar-refractivity contribution in [1.29, 1.82) is 5.26 Å². The van der Waals surface area contributed by atoms with Crippen LogP contribution in [-0.2, 0) is 11.2 Å². The van der Waals surface area contributed by atoms with E-state index in [2.05, 4.69) is 10.5 Å². The van der Waals surface area contributed by atoms with Gasteiger partial charge in [-0.25, -0.2) is 4.39 Å². The Morgan fingerprint density at radius 2 is 2.36 bits per heavy atom. The van der Waals surface area contributed by atoms with Crippen LogP contribution in [0.15, 0.2) is 28.8 Å². The van der Waals surface area contributed by atoms with Gasteiger partial charge in [0.2, 0.25) is 5.91 Å². The predicted octanol–water partition coefficient (Wildman–Crippen LogP) is 2.32. The molecule has 130 valence electrons. The van der Waals surface area contributed by atoms with Crippen LogP contribution in [0.1, 0.15) is 29.9 Å². The number of halogens is 1. The van der Waals surface area contributed by atoms with Crippen LogP contribution in [0.25, 0.3) is 0 Å². The second-order valence-corrected chi connectivity index (χ2v) is 6.24. The lowest BCUT2D eigenvalue weighted by Crippen LogP contribution is -2.48. The summed E-state index contributed by atoms with van der Waals surface area (Å²) >= 11 is 0. The Bertz CT molecular complexity index is 812. The summed E-state index contributed by atoms with van der Waals surface area (Å²) in [5, 5.41) is 15.6. The molecule has 1 aliphatic heterocycles. The van der Waals surface area contributed by atoms with E-state index in [-0.39, 0.29) is 18.4 Å². The molecule has 1 amide bonds. The lowest BCUT2D eigenvalue weighted by Gasteiger charge is -2.35. The molecular formula is C18H19FN4O2. The van der Waals surface area contributed by atoms with Crippen molar-refractivity contribution in [2.24, 2.45) is 0 Å². The number of aryl methyl sites for hydroxylation is 1. The van der Waals surface area contributed by atoms with Gasteiger partial charge in [0.15, 0.2) is 0 Å². The van der Waals surface area contributed by atoms with Crippen LogP contribution in [0, 0.1) is 24.1 Å². The molecule has 0 radical (unpaired) electrons. The van der Waals surface area contributed by atoms with Gasteiger partial charge in [-0.1, -0.05) is 5.16 Å². The first-order valence-electron chi connectivity index (χ1n) is 8.21. The highest BCUT2D eigenvalue weighted by Gasteiger charge is 2.23. The molecule has 1 atom stereocenters. The molecule has 0 saturated carbocycles. The normalized spacial score (nSPS) is 17.2. The molecule has 1 aromatic heterocycles. The van der Waals surface area contributed by atoms with E-state index in [0.29, 0.717) is 29.2 Å². The summed E-state index contributed by atoms with van der Waals surface area (Å²) in [7, 11) is 0. The summed E-state index contributed by atoms with van der Waals surface area (Å²) in [5.41, 5.74) is 1.36. The molecule has 0 spiro atoms. The van der Waals surface area contributed by atoms with Gasteiger partial charge in [0.25, 0.3) is 0 Å². The highest BCUT2D eigenvalue weighted by atomic mass is 19.1. The average molecular weight is 342 g/mol. The zero-order chi connectivity index (χ0) is 17.8. The molecule has 7 heteroatoms. The van der Waals surface area contributed by atoms with E-state index in [1.807, 2.05) is 11.0 Å². The minimum Gasteiger partial charge on any atom is -0.367 e. The molecular weight excluding hydrogens is 323 g/mol. The fourth-order valence-electron chi connectivity index (χ4n) is 3.09. The van der Waals surface area contributed by atoms with Crippen molar-refractivity contribution in [3.05, 3.63) is 47.1 Å². The van der Waals surface area contributed by atoms with Crippen LogP contribution in [0.5, 0.6) is 0 Å². The Morgan fingerprint density at radius 1 is 1.52 bits per heavy atom. The smallest absolute Gasteiger partial charge is 0.226 e. The highest BCUT2D eigenvalue weighted by molar-refractivity contribution is 5.78. The molecule has 6 nitrogen and oxygen atoms in total. The molecule has 0 aliphatic carbocycles. The summed E-state index contributed by atoms with van der Waals surface area (Å²) in [5.74, 6) is 0.132. The zero-order valence-electron chi connectivity index (χ0n) is 14.0. The number of nitrogens with zero attached hydrogens (tertiary/aromatic N) is 3. The summed E-state index contributed by atoms with van der Waals surface area (Å²) in [6.45, 7) is 3.03. The van der Waals surface area contributed by atoms with Gasteiger partial charge < -0.3 is 14.7 Å². The number of hydrogen-bond donors (Lipinski definition) is 1. The minimum atomic E-state index is -0.413. The number of nitrogens with one attached hydrogen (secondary N) is 1. The van der Waals surface area contributed by atoms with Crippen LogP contribution in [0.3, 0.4) is 0 Å². The van der Waals surface area contributed by atoms with Crippen LogP contribution >= 0.6 is 0 Å². The van der Waals surface area contributed by atoms with E-state index in [4.69, 9.17) is 9.78 Å². The molecule has 3 rings (SSSR count). The van der Waals surface area contributed by atoms with Gasteiger partial charge in [0, 0.05) is 25.2 Å². The van der Waals surface area contributed by atoms with Crippen molar-refractivity contribution in [3.8, 4) is 6.07 Å². The number of amides is 1. The monoisotopic (exact) mass is 342 g/mol. The Labute approximate surface area is 145 Å². The van der Waals surface area contributed by atoms with Crippen molar-refractivity contribution < 1.29 is 13.7 Å². The van der Waals surface area contributed by atoms with Crippen molar-refractivity contribution in [2.75, 3.05) is 18.0 Å². The van der Waals surface area contributed by atoms with E-state index < -0.39 is 5.82 Å². The summed E-state index contributed by atoms with van der Waals surface area (Å²) in [6, 6.07) is 8.08. The molecule has 1 N–H and O–H groups in total. The van der Waals surface area contributed by atoms with E-state index in [1.54, 1.807) is 25.1 Å². The van der Waals surface area contributed by atoms with Gasteiger partial charge >= 0.3 is 0 Å². The van der Waals surface area contributed by atoms with Gasteiger partial charge in [-0.2, -0.15) is 5.26 Å². The predicted molar refractivity (Wildman–Crippen MR) is 89.4 cm³/mol. The largest absolute Gasteiger partial charge is 0.367 e. The van der Waals surface area contributed by atoms with E-state index in [9.17, 15) is 9.18 Å². The molecule has 2 heterocycles. The summed E-state index contributed by atoms with van der Waals surface area (Å²) in [6.07, 6.45) is 1.87. The standard InChI is InChI=1S/C18H19FN4O2/c1-12-7-15(22-25-12)9-18(24)21-14-3-2-6-23(11-14)17-5-4-13(10-20)8-16(17)19/h4-5,7-8,14H,2-3,6,9,11H2,1H3,(H,21,24). The minimum absolute atomic E-state index is 0.0516. The summed E-state index contributed by atoms with van der Waals surface area (Å²) in [4.78, 5) is 14.1. The van der Waals surface area contributed by atoms with Gasteiger partial charge in [-0.15, -0.1) is 0 Å². The number of hydrogen-bond acceptors (Lipinski definition) is 5. The second kappa shape index (κ2) is 7.34. The Morgan fingerprint density at radius 3 is 3.04 bits per heavy atom. The number of piperidine rings is 1.